The molecule has 0 amide bonds. The van der Waals surface area contributed by atoms with E-state index in [0.29, 0.717) is 27.9 Å². The Hall–Kier alpha value is -2.73. The smallest absolute Gasteiger partial charge is 0.362 e. The molecule has 1 fully saturated rings. The summed E-state index contributed by atoms with van der Waals surface area (Å²) in [7, 11) is 0. The van der Waals surface area contributed by atoms with Crippen molar-refractivity contribution in [3.63, 3.8) is 0 Å². The molecule has 0 saturated carbocycles. The van der Waals surface area contributed by atoms with Crippen LogP contribution in [0.2, 0.25) is 0 Å². The van der Waals surface area contributed by atoms with E-state index >= 15 is 0 Å². The predicted octanol–water partition coefficient (Wildman–Crippen LogP) is 7.35. The summed E-state index contributed by atoms with van der Waals surface area (Å²) < 4.78 is 83.7. The van der Waals surface area contributed by atoms with E-state index in [0.717, 1.165) is 17.4 Å². The Morgan fingerprint density at radius 1 is 1.13 bits per heavy atom. The number of carbonyl (C=O) groups is 1. The molecular formula is C26H28F6N4OS. The van der Waals surface area contributed by atoms with Gasteiger partial charge in [0, 0.05) is 5.39 Å². The van der Waals surface area contributed by atoms with Crippen LogP contribution in [0.3, 0.4) is 0 Å². The van der Waals surface area contributed by atoms with Gasteiger partial charge in [0.15, 0.2) is 11.6 Å². The molecule has 0 unspecified atom stereocenters. The van der Waals surface area contributed by atoms with Crippen molar-refractivity contribution in [2.45, 2.75) is 58.9 Å². The third-order valence-corrected chi connectivity index (χ3v) is 8.72. The minimum Gasteiger partial charge on any atom is -0.362 e. The number of hydrogen-bond acceptors (Lipinski definition) is 6. The van der Waals surface area contributed by atoms with Crippen molar-refractivity contribution in [2.24, 2.45) is 5.41 Å². The van der Waals surface area contributed by atoms with Gasteiger partial charge in [-0.3, -0.25) is 4.79 Å². The van der Waals surface area contributed by atoms with Crippen LogP contribution in [0.5, 0.6) is 0 Å². The number of benzene rings is 1. The Labute approximate surface area is 220 Å². The highest BCUT2D eigenvalue weighted by Gasteiger charge is 2.60. The number of ketones is 1. The Balaban J connectivity index is 1.71. The molecule has 1 aliphatic rings. The number of likely N-dealkylation sites (tertiary alicyclic amines) is 1. The number of rotatable bonds is 6. The number of aromatic nitrogens is 2. The van der Waals surface area contributed by atoms with Crippen molar-refractivity contribution in [2.75, 3.05) is 25.0 Å². The van der Waals surface area contributed by atoms with Gasteiger partial charge in [-0.2, -0.15) is 31.4 Å². The molecule has 0 aliphatic carbocycles. The second kappa shape index (κ2) is 10.1. The number of aryl methyl sites for hydroxylation is 1. The van der Waals surface area contributed by atoms with Crippen molar-refractivity contribution in [1.29, 1.82) is 0 Å². The molecular weight excluding hydrogens is 530 g/mol. The van der Waals surface area contributed by atoms with Crippen molar-refractivity contribution in [3.05, 3.63) is 51.5 Å². The maximum Gasteiger partial charge on any atom is 0.416 e. The summed E-state index contributed by atoms with van der Waals surface area (Å²) in [4.78, 5) is 15.3. The van der Waals surface area contributed by atoms with Gasteiger partial charge in [0.1, 0.15) is 5.41 Å². The number of thiophene rings is 1. The average molecular weight is 559 g/mol. The van der Waals surface area contributed by atoms with Gasteiger partial charge in [-0.1, -0.05) is 19.1 Å². The van der Waals surface area contributed by atoms with Gasteiger partial charge < -0.3 is 10.2 Å². The maximum atomic E-state index is 14.3. The Morgan fingerprint density at radius 2 is 1.79 bits per heavy atom. The topological polar surface area (TPSA) is 58.1 Å². The highest BCUT2D eigenvalue weighted by Crippen LogP contribution is 2.50. The van der Waals surface area contributed by atoms with Crippen LogP contribution in [0.4, 0.5) is 32.2 Å². The second-order valence-corrected chi connectivity index (χ2v) is 10.8. The molecule has 1 aliphatic heterocycles. The van der Waals surface area contributed by atoms with Crippen molar-refractivity contribution in [3.8, 4) is 0 Å². The Morgan fingerprint density at radius 3 is 2.37 bits per heavy atom. The van der Waals surface area contributed by atoms with Gasteiger partial charge >= 0.3 is 12.4 Å². The van der Waals surface area contributed by atoms with E-state index in [9.17, 15) is 31.1 Å². The number of alkyl halides is 6. The van der Waals surface area contributed by atoms with Crippen LogP contribution in [0, 0.1) is 19.3 Å². The summed E-state index contributed by atoms with van der Waals surface area (Å²) in [6, 6.07) is 4.67. The first-order chi connectivity index (χ1) is 17.7. The van der Waals surface area contributed by atoms with Crippen LogP contribution >= 0.6 is 11.3 Å². The Kier molecular flexibility index (Phi) is 7.52. The van der Waals surface area contributed by atoms with E-state index in [4.69, 9.17) is 0 Å². The first kappa shape index (κ1) is 28.3. The first-order valence-electron chi connectivity index (χ1n) is 12.2. The SMILES string of the molecule is CCN1CCC(C(=O)c2cc3c(N[C@H](C)c4cccc(C(F)(F)F)c4C)nnc(C)c3s2)(C(F)(F)F)CC1. The summed E-state index contributed by atoms with van der Waals surface area (Å²) in [6.07, 6.45) is -9.85. The van der Waals surface area contributed by atoms with Crippen LogP contribution in [0.15, 0.2) is 24.3 Å². The second-order valence-electron chi connectivity index (χ2n) is 9.71. The van der Waals surface area contributed by atoms with E-state index in [1.165, 1.54) is 19.1 Å². The molecule has 1 atom stereocenters. The van der Waals surface area contributed by atoms with Crippen LogP contribution in [-0.4, -0.2) is 46.7 Å². The van der Waals surface area contributed by atoms with Crippen LogP contribution in [0.25, 0.3) is 10.1 Å². The average Bonchev–Trinajstić information content (AvgIpc) is 3.30. The van der Waals surface area contributed by atoms with Gasteiger partial charge in [-0.25, -0.2) is 0 Å². The van der Waals surface area contributed by atoms with Crippen LogP contribution in [0.1, 0.15) is 64.8 Å². The van der Waals surface area contributed by atoms with Crippen molar-refractivity contribution < 1.29 is 31.1 Å². The van der Waals surface area contributed by atoms with E-state index in [1.54, 1.807) is 19.9 Å². The van der Waals surface area contributed by atoms with E-state index < -0.39 is 35.2 Å². The van der Waals surface area contributed by atoms with Gasteiger partial charge in [0.2, 0.25) is 0 Å². The zero-order valence-electron chi connectivity index (χ0n) is 21.3. The highest BCUT2D eigenvalue weighted by molar-refractivity contribution is 7.21. The van der Waals surface area contributed by atoms with Crippen molar-refractivity contribution in [1.82, 2.24) is 15.1 Å². The number of carbonyl (C=O) groups excluding carboxylic acids is 1. The predicted molar refractivity (Wildman–Crippen MR) is 135 cm³/mol. The van der Waals surface area contributed by atoms with E-state index in [1.807, 2.05) is 11.8 Å². The molecule has 1 saturated heterocycles. The molecule has 1 N–H and O–H groups in total. The zero-order valence-corrected chi connectivity index (χ0v) is 22.2. The first-order valence-corrected chi connectivity index (χ1v) is 13.0. The lowest BCUT2D eigenvalue weighted by Crippen LogP contribution is -2.52. The van der Waals surface area contributed by atoms with Crippen LogP contribution in [-0.2, 0) is 6.18 Å². The quantitative estimate of drug-likeness (QED) is 0.253. The number of Topliss-reactive ketones (excluding diaryl/α,β-unsaturated/α-hetero) is 1. The van der Waals surface area contributed by atoms with E-state index in [-0.39, 0.29) is 42.2 Å². The van der Waals surface area contributed by atoms with Crippen molar-refractivity contribution >= 4 is 33.0 Å². The number of piperidine rings is 1. The molecule has 4 rings (SSSR count). The fourth-order valence-corrected chi connectivity index (χ4v) is 6.26. The highest BCUT2D eigenvalue weighted by atomic mass is 32.1. The fraction of sp³-hybridized carbons (Fsp3) is 0.500. The molecule has 3 heterocycles. The van der Waals surface area contributed by atoms with Gasteiger partial charge in [0.05, 0.1) is 26.9 Å². The molecule has 0 spiro atoms. The molecule has 12 heteroatoms. The molecule has 38 heavy (non-hydrogen) atoms. The number of fused-ring (bicyclic) bond motifs is 1. The fourth-order valence-electron chi connectivity index (χ4n) is 5.12. The van der Waals surface area contributed by atoms with Gasteiger partial charge in [-0.05, 0) is 76.5 Å². The summed E-state index contributed by atoms with van der Waals surface area (Å²) in [5, 5.41) is 11.7. The number of nitrogens with one attached hydrogen (secondary N) is 1. The maximum absolute atomic E-state index is 14.3. The number of halogens is 6. The van der Waals surface area contributed by atoms with Crippen LogP contribution < -0.4 is 5.32 Å². The Bertz CT molecular complexity index is 1340. The third kappa shape index (κ3) is 5.00. The minimum atomic E-state index is -4.71. The normalized spacial score (nSPS) is 17.5. The summed E-state index contributed by atoms with van der Waals surface area (Å²) in [5.41, 5.74) is -2.33. The summed E-state index contributed by atoms with van der Waals surface area (Å²) >= 11 is 0.938. The number of hydrogen-bond donors (Lipinski definition) is 1. The molecule has 1 aromatic carbocycles. The lowest BCUT2D eigenvalue weighted by molar-refractivity contribution is -0.216. The van der Waals surface area contributed by atoms with Gasteiger partial charge in [0.25, 0.3) is 0 Å². The summed E-state index contributed by atoms with van der Waals surface area (Å²) in [6.45, 7) is 7.52. The monoisotopic (exact) mass is 558 g/mol. The molecule has 0 radical (unpaired) electrons. The molecule has 5 nitrogen and oxygen atoms in total. The standard InChI is InChI=1S/C26H28F6N4OS/c1-5-36-11-9-24(10-12-36,26(30,31)32)22(37)20-13-18-21(38-20)16(4)34-35-23(18)33-15(3)17-7-6-8-19(14(17)2)25(27,28)29/h6-8,13,15H,5,9-12H2,1-4H3,(H,33,35)/t15-/m1/s1. The number of anilines is 1. The lowest BCUT2D eigenvalue weighted by Gasteiger charge is -2.41. The third-order valence-electron chi connectivity index (χ3n) is 7.47. The lowest BCUT2D eigenvalue weighted by atomic mass is 9.73. The molecule has 0 bridgehead atoms. The zero-order chi connectivity index (χ0) is 28.0. The largest absolute Gasteiger partial charge is 0.416 e. The summed E-state index contributed by atoms with van der Waals surface area (Å²) in [5.74, 6) is -0.777. The molecule has 2 aromatic heterocycles. The number of nitrogens with zero attached hydrogens (tertiary/aromatic N) is 3. The van der Waals surface area contributed by atoms with E-state index in [2.05, 4.69) is 15.5 Å². The molecule has 3 aromatic rings. The molecule has 206 valence electrons. The van der Waals surface area contributed by atoms with Gasteiger partial charge in [-0.15, -0.1) is 16.4 Å². The minimum absolute atomic E-state index is 0.0360.